The molecule has 134 valence electrons. The number of aliphatic carboxylic acids is 1. The summed E-state index contributed by atoms with van der Waals surface area (Å²) in [6.45, 7) is 4.10. The van der Waals surface area contributed by atoms with Crippen molar-refractivity contribution in [1.82, 2.24) is 0 Å². The molecule has 0 saturated heterocycles. The third-order valence-corrected chi connectivity index (χ3v) is 5.31. The molecule has 0 saturated carbocycles. The largest absolute Gasteiger partial charge is 0.481 e. The second-order valence-corrected chi connectivity index (χ2v) is 7.04. The van der Waals surface area contributed by atoms with Crippen LogP contribution in [0.5, 0.6) is 0 Å². The van der Waals surface area contributed by atoms with Crippen LogP contribution in [0.1, 0.15) is 69.4 Å². The molecule has 0 aliphatic rings. The lowest BCUT2D eigenvalue weighted by Crippen LogP contribution is -2.39. The summed E-state index contributed by atoms with van der Waals surface area (Å²) in [5.74, 6) is -0.781. The molecule has 2 nitrogen and oxygen atoms in total. The number of unbranched alkanes of at least 4 members (excludes halogenated alkanes) is 4. The van der Waals surface area contributed by atoms with Crippen molar-refractivity contribution in [2.24, 2.45) is 0 Å². The van der Waals surface area contributed by atoms with E-state index in [1.165, 1.54) is 25.7 Å². The van der Waals surface area contributed by atoms with Crippen molar-refractivity contribution in [3.63, 3.8) is 0 Å². The molecule has 25 heavy (non-hydrogen) atoms. The number of carboxylic acid groups (broad SMARTS) is 1. The average molecular weight is 338 g/mol. The molecule has 0 aliphatic heterocycles. The van der Waals surface area contributed by atoms with Gasteiger partial charge in [0, 0.05) is 5.92 Å². The molecule has 2 heteroatoms. The molecular formula is C23H30O2. The monoisotopic (exact) mass is 338 g/mol. The van der Waals surface area contributed by atoms with Crippen LogP contribution < -0.4 is 0 Å². The van der Waals surface area contributed by atoms with Gasteiger partial charge in [0.15, 0.2) is 0 Å². The first-order valence-corrected chi connectivity index (χ1v) is 9.44. The number of carbonyl (C=O) groups is 1. The molecule has 2 aromatic carbocycles. The Morgan fingerprint density at radius 3 is 2.04 bits per heavy atom. The Bertz CT molecular complexity index is 636. The molecule has 2 aromatic rings. The smallest absolute Gasteiger partial charge is 0.314 e. The van der Waals surface area contributed by atoms with Gasteiger partial charge in [-0.25, -0.2) is 0 Å². The van der Waals surface area contributed by atoms with Crippen LogP contribution in [-0.2, 0) is 10.2 Å². The molecule has 0 fully saturated rings. The number of hydrogen-bond acceptors (Lipinski definition) is 1. The zero-order valence-electron chi connectivity index (χ0n) is 15.4. The SMILES string of the molecule is CCCCCCCC(c1ccccc1)C(C)(C(=O)O)c1ccccc1. The Kier molecular flexibility index (Phi) is 7.24. The highest BCUT2D eigenvalue weighted by atomic mass is 16.4. The Morgan fingerprint density at radius 2 is 1.48 bits per heavy atom. The molecule has 0 radical (unpaired) electrons. The van der Waals surface area contributed by atoms with E-state index in [1.807, 2.05) is 55.5 Å². The van der Waals surface area contributed by atoms with Gasteiger partial charge in [0.05, 0.1) is 5.41 Å². The fourth-order valence-corrected chi connectivity index (χ4v) is 3.68. The normalized spacial score (nSPS) is 14.6. The van der Waals surface area contributed by atoms with Gasteiger partial charge < -0.3 is 5.11 Å². The number of carboxylic acids is 1. The van der Waals surface area contributed by atoms with Crippen LogP contribution >= 0.6 is 0 Å². The summed E-state index contributed by atoms with van der Waals surface area (Å²) in [5.41, 5.74) is 1.07. The van der Waals surface area contributed by atoms with Gasteiger partial charge in [0.2, 0.25) is 0 Å². The molecular weight excluding hydrogens is 308 g/mol. The molecule has 1 N–H and O–H groups in total. The summed E-state index contributed by atoms with van der Waals surface area (Å²) in [4.78, 5) is 12.4. The molecule has 0 amide bonds. The predicted molar refractivity (Wildman–Crippen MR) is 104 cm³/mol. The fraction of sp³-hybridized carbons (Fsp3) is 0.435. The molecule has 0 spiro atoms. The van der Waals surface area contributed by atoms with E-state index in [9.17, 15) is 9.90 Å². The van der Waals surface area contributed by atoms with E-state index in [2.05, 4.69) is 19.1 Å². The predicted octanol–water partition coefficient (Wildman–Crippen LogP) is 6.17. The van der Waals surface area contributed by atoms with Gasteiger partial charge in [0.1, 0.15) is 0 Å². The first-order valence-electron chi connectivity index (χ1n) is 9.44. The van der Waals surface area contributed by atoms with Crippen LogP contribution in [-0.4, -0.2) is 11.1 Å². The molecule has 0 aliphatic carbocycles. The van der Waals surface area contributed by atoms with Gasteiger partial charge in [-0.15, -0.1) is 0 Å². The van der Waals surface area contributed by atoms with Gasteiger partial charge in [0.25, 0.3) is 0 Å². The van der Waals surface area contributed by atoms with E-state index in [1.54, 1.807) is 0 Å². The third kappa shape index (κ3) is 4.72. The van der Waals surface area contributed by atoms with E-state index in [4.69, 9.17) is 0 Å². The highest BCUT2D eigenvalue weighted by Gasteiger charge is 2.43. The van der Waals surface area contributed by atoms with Crippen molar-refractivity contribution in [3.8, 4) is 0 Å². The minimum atomic E-state index is -0.923. The van der Waals surface area contributed by atoms with Gasteiger partial charge in [-0.05, 0) is 24.5 Å². The minimum Gasteiger partial charge on any atom is -0.481 e. The topological polar surface area (TPSA) is 37.3 Å². The molecule has 0 aromatic heterocycles. The van der Waals surface area contributed by atoms with Crippen molar-refractivity contribution >= 4 is 5.97 Å². The minimum absolute atomic E-state index is 0.0322. The summed E-state index contributed by atoms with van der Waals surface area (Å²) >= 11 is 0. The van der Waals surface area contributed by atoms with Crippen LogP contribution in [0.4, 0.5) is 0 Å². The lowest BCUT2D eigenvalue weighted by atomic mass is 9.67. The number of benzene rings is 2. The third-order valence-electron chi connectivity index (χ3n) is 5.31. The van der Waals surface area contributed by atoms with Gasteiger partial charge in [-0.1, -0.05) is 99.7 Å². The Morgan fingerprint density at radius 1 is 0.920 bits per heavy atom. The Hall–Kier alpha value is -2.09. The molecule has 0 heterocycles. The summed E-state index contributed by atoms with van der Waals surface area (Å²) in [7, 11) is 0. The standard InChI is InChI=1S/C23H30O2/c1-3-4-5-6-13-18-21(19-14-9-7-10-15-19)23(2,22(24)25)20-16-11-8-12-17-20/h7-12,14-17,21H,3-6,13,18H2,1-2H3,(H,24,25). The quantitative estimate of drug-likeness (QED) is 0.526. The van der Waals surface area contributed by atoms with E-state index in [0.717, 1.165) is 24.0 Å². The maximum Gasteiger partial charge on any atom is 0.314 e. The number of rotatable bonds is 10. The highest BCUT2D eigenvalue weighted by molar-refractivity contribution is 5.82. The van der Waals surface area contributed by atoms with Gasteiger partial charge >= 0.3 is 5.97 Å². The Balaban J connectivity index is 2.32. The zero-order valence-corrected chi connectivity index (χ0v) is 15.4. The maximum atomic E-state index is 12.4. The van der Waals surface area contributed by atoms with Crippen LogP contribution in [0.3, 0.4) is 0 Å². The van der Waals surface area contributed by atoms with Crippen molar-refractivity contribution < 1.29 is 9.90 Å². The second kappa shape index (κ2) is 9.41. The van der Waals surface area contributed by atoms with Crippen molar-refractivity contribution in [2.45, 2.75) is 63.7 Å². The van der Waals surface area contributed by atoms with E-state index < -0.39 is 11.4 Å². The zero-order chi connectivity index (χ0) is 18.1. The first kappa shape index (κ1) is 19.2. The maximum absolute atomic E-state index is 12.4. The fourth-order valence-electron chi connectivity index (χ4n) is 3.68. The van der Waals surface area contributed by atoms with Gasteiger partial charge in [-0.3, -0.25) is 4.79 Å². The number of hydrogen-bond donors (Lipinski definition) is 1. The molecule has 0 bridgehead atoms. The second-order valence-electron chi connectivity index (χ2n) is 7.04. The molecule has 2 rings (SSSR count). The average Bonchev–Trinajstić information content (AvgIpc) is 2.65. The molecule has 2 unspecified atom stereocenters. The van der Waals surface area contributed by atoms with Crippen molar-refractivity contribution in [1.29, 1.82) is 0 Å². The van der Waals surface area contributed by atoms with Crippen molar-refractivity contribution in [2.75, 3.05) is 0 Å². The van der Waals surface area contributed by atoms with E-state index >= 15 is 0 Å². The highest BCUT2D eigenvalue weighted by Crippen LogP contribution is 2.42. The summed E-state index contributed by atoms with van der Waals surface area (Å²) in [6, 6.07) is 19.8. The lowest BCUT2D eigenvalue weighted by Gasteiger charge is -2.35. The van der Waals surface area contributed by atoms with Gasteiger partial charge in [-0.2, -0.15) is 0 Å². The summed E-state index contributed by atoms with van der Waals surface area (Å²) in [5, 5.41) is 10.2. The lowest BCUT2D eigenvalue weighted by molar-refractivity contribution is -0.144. The van der Waals surface area contributed by atoms with Crippen LogP contribution in [0.15, 0.2) is 60.7 Å². The van der Waals surface area contributed by atoms with Crippen LogP contribution in [0, 0.1) is 0 Å². The van der Waals surface area contributed by atoms with Crippen LogP contribution in [0.2, 0.25) is 0 Å². The van der Waals surface area contributed by atoms with Crippen molar-refractivity contribution in [3.05, 3.63) is 71.8 Å². The summed E-state index contributed by atoms with van der Waals surface area (Å²) in [6.07, 6.45) is 6.83. The first-order chi connectivity index (χ1) is 12.1. The Labute approximate surface area is 151 Å². The summed E-state index contributed by atoms with van der Waals surface area (Å²) < 4.78 is 0. The van der Waals surface area contributed by atoms with E-state index in [0.29, 0.717) is 0 Å². The van der Waals surface area contributed by atoms with Crippen LogP contribution in [0.25, 0.3) is 0 Å². The van der Waals surface area contributed by atoms with E-state index in [-0.39, 0.29) is 5.92 Å². The molecule has 2 atom stereocenters.